The van der Waals surface area contributed by atoms with Crippen LogP contribution in [0.5, 0.6) is 0 Å². The van der Waals surface area contributed by atoms with Crippen molar-refractivity contribution in [3.63, 3.8) is 0 Å². The van der Waals surface area contributed by atoms with Crippen molar-refractivity contribution < 1.29 is 14.4 Å². The predicted molar refractivity (Wildman–Crippen MR) is 98.1 cm³/mol. The summed E-state index contributed by atoms with van der Waals surface area (Å²) in [6.07, 6.45) is 4.04. The number of hydrogen-bond acceptors (Lipinski definition) is 4. The number of hydrogen-bond donors (Lipinski definition) is 2. The molecule has 1 aliphatic carbocycles. The molecule has 1 atom stereocenters. The van der Waals surface area contributed by atoms with E-state index in [0.717, 1.165) is 24.2 Å². The van der Waals surface area contributed by atoms with Crippen LogP contribution in [-0.2, 0) is 9.59 Å². The number of imide groups is 1. The molecule has 2 aliphatic heterocycles. The molecule has 1 spiro atoms. The van der Waals surface area contributed by atoms with Gasteiger partial charge in [-0.1, -0.05) is 20.8 Å². The van der Waals surface area contributed by atoms with E-state index in [9.17, 15) is 14.4 Å². The number of likely N-dealkylation sites (tertiary alicyclic amines) is 1. The van der Waals surface area contributed by atoms with Gasteiger partial charge in [-0.25, -0.2) is 4.79 Å². The first-order valence-electron chi connectivity index (χ1n) is 9.78. The van der Waals surface area contributed by atoms with E-state index >= 15 is 0 Å². The molecule has 0 aromatic carbocycles. The number of rotatable bonds is 3. The second-order valence-electron chi connectivity index (χ2n) is 9.27. The second kappa shape index (κ2) is 6.83. The number of carbonyl (C=O) groups is 3. The Morgan fingerprint density at radius 2 is 1.88 bits per heavy atom. The number of nitrogens with two attached hydrogens (primary N) is 1. The van der Waals surface area contributed by atoms with Crippen LogP contribution in [0.3, 0.4) is 0 Å². The van der Waals surface area contributed by atoms with Gasteiger partial charge >= 0.3 is 6.03 Å². The van der Waals surface area contributed by atoms with Crippen molar-refractivity contribution in [1.82, 2.24) is 15.1 Å². The van der Waals surface area contributed by atoms with Gasteiger partial charge in [-0.15, -0.1) is 0 Å². The third-order valence-electron chi connectivity index (χ3n) is 6.58. The molecular weight excluding hydrogens is 332 g/mol. The summed E-state index contributed by atoms with van der Waals surface area (Å²) in [4.78, 5) is 40.7. The van der Waals surface area contributed by atoms with E-state index in [4.69, 9.17) is 5.73 Å². The molecule has 4 amide bonds. The minimum atomic E-state index is -0.802. The standard InChI is InChI=1S/C19H32N4O3/c1-18(2,3)14-4-7-19(8-5-14)16(25)23(17(26)21-19)12-15(24)22-9-6-13(10-20)11-22/h13-14H,4-12,20H2,1-3H3,(H,21,26). The fraction of sp³-hybridized carbons (Fsp3) is 0.842. The molecule has 1 saturated carbocycles. The van der Waals surface area contributed by atoms with Gasteiger partial charge in [-0.2, -0.15) is 0 Å². The summed E-state index contributed by atoms with van der Waals surface area (Å²) in [7, 11) is 0. The quantitative estimate of drug-likeness (QED) is 0.738. The molecule has 2 heterocycles. The summed E-state index contributed by atoms with van der Waals surface area (Å²) in [5.74, 6) is 0.482. The smallest absolute Gasteiger partial charge is 0.325 e. The Morgan fingerprint density at radius 3 is 2.42 bits per heavy atom. The van der Waals surface area contributed by atoms with Crippen molar-refractivity contribution in [3.8, 4) is 0 Å². The molecule has 3 rings (SSSR count). The van der Waals surface area contributed by atoms with Crippen LogP contribution >= 0.6 is 0 Å². The summed E-state index contributed by atoms with van der Waals surface area (Å²) in [6, 6.07) is -0.424. The third-order valence-corrected chi connectivity index (χ3v) is 6.58. The molecule has 1 unspecified atom stereocenters. The molecule has 0 aromatic rings. The zero-order valence-electron chi connectivity index (χ0n) is 16.2. The lowest BCUT2D eigenvalue weighted by Gasteiger charge is -2.40. The van der Waals surface area contributed by atoms with E-state index in [1.807, 2.05) is 0 Å². The van der Waals surface area contributed by atoms with Gasteiger partial charge in [0.1, 0.15) is 12.1 Å². The maximum Gasteiger partial charge on any atom is 0.325 e. The Hall–Kier alpha value is -1.63. The lowest BCUT2D eigenvalue weighted by molar-refractivity contribution is -0.139. The molecule has 26 heavy (non-hydrogen) atoms. The van der Waals surface area contributed by atoms with E-state index < -0.39 is 11.6 Å². The summed E-state index contributed by atoms with van der Waals surface area (Å²) >= 11 is 0. The third kappa shape index (κ3) is 3.46. The van der Waals surface area contributed by atoms with Crippen LogP contribution in [0.4, 0.5) is 4.79 Å². The minimum Gasteiger partial charge on any atom is -0.341 e. The highest BCUT2D eigenvalue weighted by atomic mass is 16.2. The van der Waals surface area contributed by atoms with Crippen molar-refractivity contribution >= 4 is 17.8 Å². The first-order chi connectivity index (χ1) is 12.2. The van der Waals surface area contributed by atoms with Crippen LogP contribution in [0, 0.1) is 17.3 Å². The van der Waals surface area contributed by atoms with Gasteiger partial charge in [0.25, 0.3) is 5.91 Å². The summed E-state index contributed by atoms with van der Waals surface area (Å²) in [6.45, 7) is 8.35. The van der Waals surface area contributed by atoms with Gasteiger partial charge in [0.15, 0.2) is 0 Å². The van der Waals surface area contributed by atoms with Gasteiger partial charge < -0.3 is 16.0 Å². The first kappa shape index (κ1) is 19.1. The molecule has 3 aliphatic rings. The summed E-state index contributed by atoms with van der Waals surface area (Å²) in [5.41, 5.74) is 5.08. The molecule has 0 aromatic heterocycles. The molecule has 7 heteroatoms. The van der Waals surface area contributed by atoms with Crippen LogP contribution in [0.25, 0.3) is 0 Å². The second-order valence-corrected chi connectivity index (χ2v) is 9.27. The average Bonchev–Trinajstić information content (AvgIpc) is 3.14. The van der Waals surface area contributed by atoms with E-state index in [0.29, 0.717) is 44.3 Å². The summed E-state index contributed by atoms with van der Waals surface area (Å²) in [5, 5.41) is 2.90. The molecule has 3 fully saturated rings. The van der Waals surface area contributed by atoms with Crippen molar-refractivity contribution in [2.24, 2.45) is 23.0 Å². The van der Waals surface area contributed by atoms with Crippen molar-refractivity contribution in [2.75, 3.05) is 26.2 Å². The van der Waals surface area contributed by atoms with E-state index in [2.05, 4.69) is 26.1 Å². The first-order valence-corrected chi connectivity index (χ1v) is 9.78. The normalized spacial score (nSPS) is 32.5. The van der Waals surface area contributed by atoms with Gasteiger partial charge in [0, 0.05) is 13.1 Å². The highest BCUT2D eigenvalue weighted by Gasteiger charge is 2.53. The molecule has 7 nitrogen and oxygen atoms in total. The van der Waals surface area contributed by atoms with Gasteiger partial charge in [-0.05, 0) is 55.9 Å². The van der Waals surface area contributed by atoms with Crippen LogP contribution in [0.15, 0.2) is 0 Å². The fourth-order valence-electron chi connectivity index (χ4n) is 4.62. The number of amides is 4. The van der Waals surface area contributed by atoms with Crippen LogP contribution in [0.2, 0.25) is 0 Å². The topological polar surface area (TPSA) is 95.7 Å². The van der Waals surface area contributed by atoms with Crippen LogP contribution < -0.4 is 11.1 Å². The zero-order chi connectivity index (χ0) is 19.1. The highest BCUT2D eigenvalue weighted by molar-refractivity contribution is 6.09. The van der Waals surface area contributed by atoms with Crippen molar-refractivity contribution in [1.29, 1.82) is 0 Å². The SMILES string of the molecule is CC(C)(C)C1CCC2(CC1)NC(=O)N(CC(=O)N1CCC(CN)C1)C2=O. The highest BCUT2D eigenvalue weighted by Crippen LogP contribution is 2.43. The number of nitrogens with zero attached hydrogens (tertiary/aromatic N) is 2. The number of carbonyl (C=O) groups excluding carboxylic acids is 3. The van der Waals surface area contributed by atoms with Crippen molar-refractivity contribution in [2.45, 2.75) is 58.4 Å². The molecule has 0 bridgehead atoms. The van der Waals surface area contributed by atoms with Crippen molar-refractivity contribution in [3.05, 3.63) is 0 Å². The Kier molecular flexibility index (Phi) is 5.03. The Balaban J connectivity index is 1.62. The fourth-order valence-corrected chi connectivity index (χ4v) is 4.62. The lowest BCUT2D eigenvalue weighted by atomic mass is 9.67. The molecule has 0 radical (unpaired) electrons. The Labute approximate surface area is 155 Å². The zero-order valence-corrected chi connectivity index (χ0v) is 16.2. The molecule has 146 valence electrons. The minimum absolute atomic E-state index is 0.160. The van der Waals surface area contributed by atoms with Gasteiger partial charge in [0.2, 0.25) is 5.91 Å². The maximum atomic E-state index is 13.0. The average molecular weight is 364 g/mol. The van der Waals surface area contributed by atoms with E-state index in [1.54, 1.807) is 4.90 Å². The van der Waals surface area contributed by atoms with E-state index in [1.165, 1.54) is 0 Å². The molecule has 3 N–H and O–H groups in total. The van der Waals surface area contributed by atoms with Gasteiger partial charge in [-0.3, -0.25) is 14.5 Å². The molecular formula is C19H32N4O3. The Morgan fingerprint density at radius 1 is 1.23 bits per heavy atom. The monoisotopic (exact) mass is 364 g/mol. The predicted octanol–water partition coefficient (Wildman–Crippen LogP) is 1.32. The number of urea groups is 1. The van der Waals surface area contributed by atoms with Crippen LogP contribution in [0.1, 0.15) is 52.9 Å². The summed E-state index contributed by atoms with van der Waals surface area (Å²) < 4.78 is 0. The van der Waals surface area contributed by atoms with Crippen LogP contribution in [-0.4, -0.2) is 59.4 Å². The van der Waals surface area contributed by atoms with Gasteiger partial charge in [0.05, 0.1) is 0 Å². The Bertz CT molecular complexity index is 590. The number of nitrogens with one attached hydrogen (secondary N) is 1. The largest absolute Gasteiger partial charge is 0.341 e. The maximum absolute atomic E-state index is 13.0. The molecule has 2 saturated heterocycles. The van der Waals surface area contributed by atoms with E-state index in [-0.39, 0.29) is 23.8 Å². The lowest BCUT2D eigenvalue weighted by Crippen LogP contribution is -2.51.